The monoisotopic (exact) mass is 313 g/mol. The minimum atomic E-state index is -0.114. The Labute approximate surface area is 112 Å². The zero-order valence-corrected chi connectivity index (χ0v) is 12.0. The number of fused-ring (bicyclic) bond motifs is 1. The maximum Gasteiger partial charge on any atom is 0.234 e. The highest BCUT2D eigenvalue weighted by molar-refractivity contribution is 9.10. The number of rotatable bonds is 2. The lowest BCUT2D eigenvalue weighted by atomic mass is 10.1. The Morgan fingerprint density at radius 3 is 2.41 bits per heavy atom. The van der Waals surface area contributed by atoms with E-state index in [9.17, 15) is 9.59 Å². The molecule has 2 atom stereocenters. The Hall–Kier alpha value is -0.680. The van der Waals surface area contributed by atoms with Crippen molar-refractivity contribution in [3.63, 3.8) is 0 Å². The molecule has 1 aromatic heterocycles. The summed E-state index contributed by atoms with van der Waals surface area (Å²) in [4.78, 5) is 26.7. The fourth-order valence-electron chi connectivity index (χ4n) is 2.74. The van der Waals surface area contributed by atoms with Crippen LogP contribution in [0.4, 0.5) is 0 Å². The summed E-state index contributed by atoms with van der Waals surface area (Å²) in [5.74, 6) is -0.141. The number of piperidine rings is 1. The van der Waals surface area contributed by atoms with Crippen molar-refractivity contribution in [2.45, 2.75) is 20.4 Å². The van der Waals surface area contributed by atoms with Gasteiger partial charge in [-0.05, 0) is 32.8 Å². The number of hydrogen-bond donors (Lipinski definition) is 0. The number of nitrogens with zero attached hydrogens (tertiary/aromatic N) is 1. The minimum absolute atomic E-state index is 0.00491. The molecule has 5 heteroatoms. The van der Waals surface area contributed by atoms with Crippen molar-refractivity contribution < 1.29 is 9.59 Å². The van der Waals surface area contributed by atoms with E-state index in [-0.39, 0.29) is 29.1 Å². The number of amides is 2. The van der Waals surface area contributed by atoms with Crippen LogP contribution >= 0.6 is 27.3 Å². The van der Waals surface area contributed by atoms with Gasteiger partial charge in [-0.1, -0.05) is 13.8 Å². The number of thiophene rings is 1. The van der Waals surface area contributed by atoms with Gasteiger partial charge in [-0.3, -0.25) is 14.5 Å². The molecule has 1 aliphatic carbocycles. The summed E-state index contributed by atoms with van der Waals surface area (Å²) in [6.45, 7) is 4.41. The predicted octanol–water partition coefficient (Wildman–Crippen LogP) is 2.65. The summed E-state index contributed by atoms with van der Waals surface area (Å²) in [6.07, 6.45) is 0. The Kier molecular flexibility index (Phi) is 2.29. The highest BCUT2D eigenvalue weighted by Gasteiger charge is 2.72. The third kappa shape index (κ3) is 1.45. The average Bonchev–Trinajstić information content (AvgIpc) is 2.54. The molecule has 0 N–H and O–H groups in total. The standard InChI is InChI=1S/C12H12BrNO2S/c1-12(2)8-9(12)11(16)14(10(8)15)5-7-6(13)3-4-17-7/h3-4,8-9H,5H2,1-2H3. The summed E-state index contributed by atoms with van der Waals surface area (Å²) in [5.41, 5.74) is -0.114. The van der Waals surface area contributed by atoms with Crippen LogP contribution in [0.5, 0.6) is 0 Å². The maximum atomic E-state index is 12.1. The van der Waals surface area contributed by atoms with Crippen molar-refractivity contribution in [1.82, 2.24) is 4.90 Å². The molecule has 1 aromatic rings. The van der Waals surface area contributed by atoms with E-state index < -0.39 is 0 Å². The van der Waals surface area contributed by atoms with Gasteiger partial charge in [0.05, 0.1) is 18.4 Å². The molecule has 0 spiro atoms. The lowest BCUT2D eigenvalue weighted by Crippen LogP contribution is -2.35. The van der Waals surface area contributed by atoms with Gasteiger partial charge in [0.15, 0.2) is 0 Å². The van der Waals surface area contributed by atoms with E-state index in [2.05, 4.69) is 15.9 Å². The summed E-state index contributed by atoms with van der Waals surface area (Å²) in [5, 5.41) is 1.95. The largest absolute Gasteiger partial charge is 0.277 e. The molecule has 3 rings (SSSR count). The van der Waals surface area contributed by atoms with E-state index in [1.54, 1.807) is 11.3 Å². The van der Waals surface area contributed by atoms with E-state index in [4.69, 9.17) is 0 Å². The molecule has 0 bridgehead atoms. The molecule has 1 saturated heterocycles. The van der Waals surface area contributed by atoms with Gasteiger partial charge in [-0.15, -0.1) is 11.3 Å². The molecule has 2 heterocycles. The van der Waals surface area contributed by atoms with Gasteiger partial charge >= 0.3 is 0 Å². The quantitative estimate of drug-likeness (QED) is 0.787. The Bertz CT molecular complexity index is 498. The first-order chi connectivity index (χ1) is 7.94. The number of hydrogen-bond acceptors (Lipinski definition) is 3. The second-order valence-electron chi connectivity index (χ2n) is 5.23. The average molecular weight is 314 g/mol. The zero-order valence-electron chi connectivity index (χ0n) is 9.57. The lowest BCUT2D eigenvalue weighted by molar-refractivity contribution is -0.143. The summed E-state index contributed by atoms with van der Waals surface area (Å²) >= 11 is 4.99. The van der Waals surface area contributed by atoms with E-state index in [0.29, 0.717) is 6.54 Å². The normalized spacial score (nSPS) is 29.7. The summed E-state index contributed by atoms with van der Waals surface area (Å²) in [6, 6.07) is 1.94. The number of imide groups is 1. The molecule has 1 saturated carbocycles. The number of carbonyl (C=O) groups is 2. The van der Waals surface area contributed by atoms with Crippen LogP contribution in [0.15, 0.2) is 15.9 Å². The van der Waals surface area contributed by atoms with E-state index in [0.717, 1.165) is 9.35 Å². The third-order valence-electron chi connectivity index (χ3n) is 3.88. The Balaban J connectivity index is 1.82. The molecule has 0 radical (unpaired) electrons. The van der Waals surface area contributed by atoms with Crippen LogP contribution < -0.4 is 0 Å². The fourth-order valence-corrected chi connectivity index (χ4v) is 4.21. The topological polar surface area (TPSA) is 37.4 Å². The molecule has 2 amide bonds. The molecular weight excluding hydrogens is 302 g/mol. The number of likely N-dealkylation sites (tertiary alicyclic amines) is 1. The maximum absolute atomic E-state index is 12.1. The Morgan fingerprint density at radius 1 is 1.35 bits per heavy atom. The van der Waals surface area contributed by atoms with Gasteiger partial charge in [-0.25, -0.2) is 0 Å². The number of halogens is 1. The second kappa shape index (κ2) is 3.42. The van der Waals surface area contributed by atoms with E-state index >= 15 is 0 Å². The first-order valence-electron chi connectivity index (χ1n) is 5.51. The van der Waals surface area contributed by atoms with Crippen LogP contribution in [-0.2, 0) is 16.1 Å². The predicted molar refractivity (Wildman–Crippen MR) is 68.3 cm³/mol. The SMILES string of the molecule is CC1(C)C2C(=O)N(Cc3sccc3Br)C(=O)C21. The first-order valence-corrected chi connectivity index (χ1v) is 7.19. The molecule has 2 fully saturated rings. The zero-order chi connectivity index (χ0) is 12.4. The molecule has 17 heavy (non-hydrogen) atoms. The van der Waals surface area contributed by atoms with E-state index in [1.165, 1.54) is 4.90 Å². The van der Waals surface area contributed by atoms with Crippen molar-refractivity contribution in [2.24, 2.45) is 17.3 Å². The van der Waals surface area contributed by atoms with Crippen LogP contribution in [0.1, 0.15) is 18.7 Å². The van der Waals surface area contributed by atoms with Crippen LogP contribution in [0.2, 0.25) is 0 Å². The van der Waals surface area contributed by atoms with Gasteiger partial charge < -0.3 is 0 Å². The molecular formula is C12H12BrNO2S. The fraction of sp³-hybridized carbons (Fsp3) is 0.500. The van der Waals surface area contributed by atoms with Crippen molar-refractivity contribution >= 4 is 39.1 Å². The van der Waals surface area contributed by atoms with Gasteiger partial charge in [0.25, 0.3) is 0 Å². The van der Waals surface area contributed by atoms with E-state index in [1.807, 2.05) is 25.3 Å². The highest BCUT2D eigenvalue weighted by atomic mass is 79.9. The smallest absolute Gasteiger partial charge is 0.234 e. The van der Waals surface area contributed by atoms with Crippen LogP contribution in [-0.4, -0.2) is 16.7 Å². The molecule has 90 valence electrons. The molecule has 3 nitrogen and oxygen atoms in total. The molecule has 0 aromatic carbocycles. The van der Waals surface area contributed by atoms with Gasteiger partial charge in [0.2, 0.25) is 11.8 Å². The molecule has 2 aliphatic rings. The summed E-state index contributed by atoms with van der Waals surface area (Å²) in [7, 11) is 0. The van der Waals surface area contributed by atoms with Gasteiger partial charge in [0, 0.05) is 9.35 Å². The van der Waals surface area contributed by atoms with Gasteiger partial charge in [0.1, 0.15) is 0 Å². The lowest BCUT2D eigenvalue weighted by Gasteiger charge is -2.19. The number of carbonyl (C=O) groups excluding carboxylic acids is 2. The van der Waals surface area contributed by atoms with Crippen molar-refractivity contribution in [1.29, 1.82) is 0 Å². The van der Waals surface area contributed by atoms with Crippen molar-refractivity contribution in [3.8, 4) is 0 Å². The first kappa shape index (κ1) is 11.4. The highest BCUT2D eigenvalue weighted by Crippen LogP contribution is 2.63. The van der Waals surface area contributed by atoms with Gasteiger partial charge in [-0.2, -0.15) is 0 Å². The van der Waals surface area contributed by atoms with Crippen LogP contribution in [0, 0.1) is 17.3 Å². The molecule has 1 aliphatic heterocycles. The van der Waals surface area contributed by atoms with Crippen molar-refractivity contribution in [3.05, 3.63) is 20.8 Å². The van der Waals surface area contributed by atoms with Crippen LogP contribution in [0.3, 0.4) is 0 Å². The van der Waals surface area contributed by atoms with Crippen LogP contribution in [0.25, 0.3) is 0 Å². The second-order valence-corrected chi connectivity index (χ2v) is 7.09. The Morgan fingerprint density at radius 2 is 1.94 bits per heavy atom. The molecule has 2 unspecified atom stereocenters. The van der Waals surface area contributed by atoms with Crippen molar-refractivity contribution in [2.75, 3.05) is 0 Å². The third-order valence-corrected chi connectivity index (χ3v) is 5.80. The minimum Gasteiger partial charge on any atom is -0.277 e. The summed E-state index contributed by atoms with van der Waals surface area (Å²) < 4.78 is 0.975.